The van der Waals surface area contributed by atoms with Crippen LogP contribution in [0.25, 0.3) is 0 Å². The first-order valence-corrected chi connectivity index (χ1v) is 6.37. The molecule has 0 aliphatic carbocycles. The Labute approximate surface area is 104 Å². The van der Waals surface area contributed by atoms with E-state index in [1.807, 2.05) is 19.1 Å². The third kappa shape index (κ3) is 3.01. The molecule has 17 heavy (non-hydrogen) atoms. The van der Waals surface area contributed by atoms with Gasteiger partial charge in [-0.3, -0.25) is 4.79 Å². The van der Waals surface area contributed by atoms with Gasteiger partial charge in [-0.2, -0.15) is 0 Å². The molecule has 0 bridgehead atoms. The number of carbonyl (C=O) groups excluding carboxylic acids is 1. The Balaban J connectivity index is 2.11. The van der Waals surface area contributed by atoms with Gasteiger partial charge in [-0.1, -0.05) is 19.1 Å². The van der Waals surface area contributed by atoms with Gasteiger partial charge in [-0.15, -0.1) is 11.3 Å². The van der Waals surface area contributed by atoms with Crippen LogP contribution in [-0.4, -0.2) is 5.78 Å². The van der Waals surface area contributed by atoms with E-state index < -0.39 is 0 Å². The highest BCUT2D eigenvalue weighted by molar-refractivity contribution is 7.14. The summed E-state index contributed by atoms with van der Waals surface area (Å²) in [6, 6.07) is 10.3. The molecule has 0 saturated carbocycles. The van der Waals surface area contributed by atoms with E-state index in [-0.39, 0.29) is 11.6 Å². The topological polar surface area (TPSA) is 17.1 Å². The lowest BCUT2D eigenvalue weighted by atomic mass is 10.1. The van der Waals surface area contributed by atoms with Gasteiger partial charge in [0.15, 0.2) is 5.78 Å². The summed E-state index contributed by atoms with van der Waals surface area (Å²) in [5.74, 6) is -0.0397. The second-order valence-corrected chi connectivity index (χ2v) is 5.01. The van der Waals surface area contributed by atoms with Crippen molar-refractivity contribution in [2.75, 3.05) is 0 Å². The highest BCUT2D eigenvalue weighted by atomic mass is 32.1. The molecule has 0 atom stereocenters. The van der Waals surface area contributed by atoms with Gasteiger partial charge in [0.1, 0.15) is 5.82 Å². The summed E-state index contributed by atoms with van der Waals surface area (Å²) in [6.07, 6.45) is 1.29. The van der Waals surface area contributed by atoms with Gasteiger partial charge in [0.05, 0.1) is 4.88 Å². The lowest BCUT2D eigenvalue weighted by Gasteiger charge is -1.98. The van der Waals surface area contributed by atoms with Gasteiger partial charge < -0.3 is 0 Å². The molecule has 2 aromatic rings. The van der Waals surface area contributed by atoms with Crippen LogP contribution in [0, 0.1) is 5.82 Å². The third-order valence-corrected chi connectivity index (χ3v) is 3.68. The van der Waals surface area contributed by atoms with Crippen molar-refractivity contribution in [2.24, 2.45) is 0 Å². The molecule has 1 aromatic carbocycles. The molecule has 1 nitrogen and oxygen atoms in total. The summed E-state index contributed by atoms with van der Waals surface area (Å²) in [5, 5.41) is 0. The zero-order valence-electron chi connectivity index (χ0n) is 9.57. The average molecular weight is 248 g/mol. The van der Waals surface area contributed by atoms with Crippen molar-refractivity contribution >= 4 is 17.1 Å². The quantitative estimate of drug-likeness (QED) is 0.745. The molecule has 0 amide bonds. The van der Waals surface area contributed by atoms with Crippen LogP contribution in [0.15, 0.2) is 36.4 Å². The Bertz CT molecular complexity index is 513. The summed E-state index contributed by atoms with van der Waals surface area (Å²) in [6.45, 7) is 1.86. The minimum atomic E-state index is -0.221. The number of Topliss-reactive ketones (excluding diaryl/α,β-unsaturated/α-hetero) is 1. The fraction of sp³-hybridized carbons (Fsp3) is 0.214. The van der Waals surface area contributed by atoms with E-state index >= 15 is 0 Å². The summed E-state index contributed by atoms with van der Waals surface area (Å²) in [7, 11) is 0. The van der Waals surface area contributed by atoms with Crippen LogP contribution in [0.3, 0.4) is 0 Å². The highest BCUT2D eigenvalue weighted by Gasteiger charge is 2.07. The first-order chi connectivity index (χ1) is 8.19. The molecular formula is C14H13FOS. The van der Waals surface area contributed by atoms with Gasteiger partial charge in [0.2, 0.25) is 0 Å². The van der Waals surface area contributed by atoms with Crippen LogP contribution in [0.1, 0.15) is 33.5 Å². The number of halogens is 1. The van der Waals surface area contributed by atoms with Crippen LogP contribution in [-0.2, 0) is 6.42 Å². The molecule has 1 heterocycles. The number of ketones is 1. The Morgan fingerprint density at radius 1 is 1.18 bits per heavy atom. The van der Waals surface area contributed by atoms with Gasteiger partial charge in [0, 0.05) is 17.7 Å². The maximum absolute atomic E-state index is 12.7. The van der Waals surface area contributed by atoms with Crippen LogP contribution in [0.4, 0.5) is 4.39 Å². The van der Waals surface area contributed by atoms with Gasteiger partial charge >= 0.3 is 0 Å². The fourth-order valence-corrected chi connectivity index (χ4v) is 2.65. The van der Waals surface area contributed by atoms with Crippen molar-refractivity contribution in [1.82, 2.24) is 0 Å². The predicted molar refractivity (Wildman–Crippen MR) is 68.1 cm³/mol. The smallest absolute Gasteiger partial charge is 0.172 e. The van der Waals surface area contributed by atoms with Crippen molar-refractivity contribution in [2.45, 2.75) is 19.8 Å². The lowest BCUT2D eigenvalue weighted by Crippen LogP contribution is -1.90. The number of rotatable bonds is 4. The van der Waals surface area contributed by atoms with Gasteiger partial charge in [0.25, 0.3) is 0 Å². The second-order valence-electron chi connectivity index (χ2n) is 3.85. The zero-order valence-corrected chi connectivity index (χ0v) is 10.4. The molecule has 2 rings (SSSR count). The minimum absolute atomic E-state index is 0.181. The van der Waals surface area contributed by atoms with Crippen molar-refractivity contribution in [3.63, 3.8) is 0 Å². The minimum Gasteiger partial charge on any atom is -0.293 e. The molecule has 0 spiro atoms. The Kier molecular flexibility index (Phi) is 3.69. The molecule has 0 saturated heterocycles. The van der Waals surface area contributed by atoms with Gasteiger partial charge in [-0.05, 0) is 29.8 Å². The van der Waals surface area contributed by atoms with E-state index in [0.29, 0.717) is 6.42 Å². The molecule has 0 N–H and O–H groups in total. The van der Waals surface area contributed by atoms with Gasteiger partial charge in [-0.25, -0.2) is 4.39 Å². The standard InChI is InChI=1S/C14H13FOS/c1-2-13(16)14-8-7-12(17-14)9-10-3-5-11(15)6-4-10/h3-8H,2,9H2,1H3. The number of carbonyl (C=O) groups is 1. The average Bonchev–Trinajstić information content (AvgIpc) is 2.80. The van der Waals surface area contributed by atoms with E-state index in [0.717, 1.165) is 21.7 Å². The van der Waals surface area contributed by atoms with Crippen LogP contribution >= 0.6 is 11.3 Å². The van der Waals surface area contributed by atoms with Crippen molar-refractivity contribution in [1.29, 1.82) is 0 Å². The van der Waals surface area contributed by atoms with Crippen molar-refractivity contribution in [3.05, 3.63) is 57.5 Å². The van der Waals surface area contributed by atoms with E-state index in [4.69, 9.17) is 0 Å². The largest absolute Gasteiger partial charge is 0.293 e. The first-order valence-electron chi connectivity index (χ1n) is 5.55. The first kappa shape index (κ1) is 12.0. The molecule has 0 fully saturated rings. The SMILES string of the molecule is CCC(=O)c1ccc(Cc2ccc(F)cc2)s1. The fourth-order valence-electron chi connectivity index (χ4n) is 1.60. The number of hydrogen-bond acceptors (Lipinski definition) is 2. The van der Waals surface area contributed by atoms with E-state index in [1.165, 1.54) is 23.5 Å². The molecule has 0 radical (unpaired) electrons. The molecule has 1 aromatic heterocycles. The molecule has 0 aliphatic heterocycles. The Morgan fingerprint density at radius 2 is 1.88 bits per heavy atom. The van der Waals surface area contributed by atoms with E-state index in [2.05, 4.69) is 0 Å². The number of hydrogen-bond donors (Lipinski definition) is 0. The summed E-state index contributed by atoms with van der Waals surface area (Å²) in [5.41, 5.74) is 1.06. The third-order valence-electron chi connectivity index (χ3n) is 2.55. The van der Waals surface area contributed by atoms with Crippen LogP contribution in [0.2, 0.25) is 0 Å². The highest BCUT2D eigenvalue weighted by Crippen LogP contribution is 2.21. The second kappa shape index (κ2) is 5.23. The Hall–Kier alpha value is -1.48. The summed E-state index contributed by atoms with van der Waals surface area (Å²) in [4.78, 5) is 13.4. The zero-order chi connectivity index (χ0) is 12.3. The number of benzene rings is 1. The molecule has 3 heteroatoms. The van der Waals surface area contributed by atoms with E-state index in [9.17, 15) is 9.18 Å². The van der Waals surface area contributed by atoms with Crippen molar-refractivity contribution < 1.29 is 9.18 Å². The predicted octanol–water partition coefficient (Wildman–Crippen LogP) is 4.07. The van der Waals surface area contributed by atoms with Crippen LogP contribution < -0.4 is 0 Å². The summed E-state index contributed by atoms with van der Waals surface area (Å²) < 4.78 is 12.7. The normalized spacial score (nSPS) is 10.5. The Morgan fingerprint density at radius 3 is 2.53 bits per heavy atom. The maximum atomic E-state index is 12.7. The molecule has 88 valence electrons. The lowest BCUT2D eigenvalue weighted by molar-refractivity contribution is 0.0992. The van der Waals surface area contributed by atoms with Crippen molar-refractivity contribution in [3.8, 4) is 0 Å². The molecule has 0 aliphatic rings. The van der Waals surface area contributed by atoms with Crippen LogP contribution in [0.5, 0.6) is 0 Å². The monoisotopic (exact) mass is 248 g/mol. The molecular weight excluding hydrogens is 235 g/mol. The van der Waals surface area contributed by atoms with E-state index in [1.54, 1.807) is 12.1 Å². The number of thiophene rings is 1. The maximum Gasteiger partial charge on any atom is 0.172 e. The summed E-state index contributed by atoms with van der Waals surface area (Å²) >= 11 is 1.52. The molecule has 0 unspecified atom stereocenters.